The zero-order chi connectivity index (χ0) is 18.6. The van der Waals surface area contributed by atoms with Gasteiger partial charge in [-0.3, -0.25) is 4.68 Å². The van der Waals surface area contributed by atoms with Crippen molar-refractivity contribution in [1.82, 2.24) is 15.1 Å². The van der Waals surface area contributed by atoms with Crippen LogP contribution in [0.1, 0.15) is 57.9 Å². The second-order valence-corrected chi connectivity index (χ2v) is 7.53. The van der Waals surface area contributed by atoms with E-state index in [1.54, 1.807) is 17.1 Å². The van der Waals surface area contributed by atoms with Gasteiger partial charge in [0, 0.05) is 18.8 Å². The van der Waals surface area contributed by atoms with Crippen LogP contribution in [0, 0.1) is 0 Å². The van der Waals surface area contributed by atoms with Crippen molar-refractivity contribution in [2.45, 2.75) is 52.2 Å². The van der Waals surface area contributed by atoms with Gasteiger partial charge in [-0.15, -0.1) is 0 Å². The van der Waals surface area contributed by atoms with Gasteiger partial charge in [-0.2, -0.15) is 5.10 Å². The number of rotatable bonds is 5. The second-order valence-electron chi connectivity index (χ2n) is 7.53. The first kappa shape index (κ1) is 19.0. The average molecular weight is 344 g/mol. The van der Waals surface area contributed by atoms with Crippen LogP contribution < -0.4 is 10.6 Å². The molecule has 1 aromatic heterocycles. The minimum atomic E-state index is -0.752. The topological polar surface area (TPSA) is 79.2 Å². The normalized spacial score (nSPS) is 12.9. The molecule has 0 aliphatic rings. The maximum atomic E-state index is 11.9. The van der Waals surface area contributed by atoms with Crippen LogP contribution in [0.5, 0.6) is 0 Å². The predicted molar refractivity (Wildman–Crippen MR) is 99.7 cm³/mol. The highest BCUT2D eigenvalue weighted by atomic mass is 16.3. The molecule has 2 rings (SSSR count). The van der Waals surface area contributed by atoms with Gasteiger partial charge in [-0.25, -0.2) is 4.79 Å². The Morgan fingerprint density at radius 3 is 2.40 bits per heavy atom. The van der Waals surface area contributed by atoms with Crippen molar-refractivity contribution in [2.24, 2.45) is 0 Å². The van der Waals surface area contributed by atoms with Crippen LogP contribution in [0.25, 0.3) is 0 Å². The van der Waals surface area contributed by atoms with Crippen LogP contribution in [0.3, 0.4) is 0 Å². The van der Waals surface area contributed by atoms with E-state index >= 15 is 0 Å². The molecule has 3 N–H and O–H groups in total. The molecule has 6 nitrogen and oxygen atoms in total. The number of anilines is 1. The summed E-state index contributed by atoms with van der Waals surface area (Å²) in [5, 5.41) is 19.8. The number of nitrogens with one attached hydrogen (secondary N) is 2. The Bertz CT molecular complexity index is 699. The van der Waals surface area contributed by atoms with Crippen LogP contribution >= 0.6 is 0 Å². The minimum absolute atomic E-state index is 0.0715. The van der Waals surface area contributed by atoms with Gasteiger partial charge in [0.2, 0.25) is 0 Å². The number of carbonyl (C=O) groups is 1. The number of aliphatic hydroxyl groups is 1. The van der Waals surface area contributed by atoms with E-state index in [0.29, 0.717) is 5.69 Å². The van der Waals surface area contributed by atoms with Crippen molar-refractivity contribution in [1.29, 1.82) is 0 Å². The summed E-state index contributed by atoms with van der Waals surface area (Å²) in [7, 11) is 0. The smallest absolute Gasteiger partial charge is 0.319 e. The fourth-order valence-electron chi connectivity index (χ4n) is 2.37. The Morgan fingerprint density at radius 2 is 1.88 bits per heavy atom. The molecule has 25 heavy (non-hydrogen) atoms. The number of urea groups is 1. The molecule has 0 aliphatic carbocycles. The molecule has 0 aliphatic heterocycles. The van der Waals surface area contributed by atoms with Gasteiger partial charge in [-0.1, -0.05) is 45.0 Å². The van der Waals surface area contributed by atoms with Crippen molar-refractivity contribution in [3.8, 4) is 0 Å². The molecule has 6 heteroatoms. The van der Waals surface area contributed by atoms with Gasteiger partial charge >= 0.3 is 6.03 Å². The number of nitrogens with zero attached hydrogens (tertiary/aromatic N) is 2. The molecule has 1 aromatic carbocycles. The highest BCUT2D eigenvalue weighted by molar-refractivity contribution is 5.88. The Hall–Kier alpha value is -2.34. The Labute approximate surface area is 149 Å². The zero-order valence-corrected chi connectivity index (χ0v) is 15.6. The van der Waals surface area contributed by atoms with E-state index in [1.807, 2.05) is 38.1 Å². The van der Waals surface area contributed by atoms with E-state index in [0.717, 1.165) is 5.56 Å². The average Bonchev–Trinajstić information content (AvgIpc) is 3.00. The first-order valence-corrected chi connectivity index (χ1v) is 8.54. The van der Waals surface area contributed by atoms with Gasteiger partial charge in [0.05, 0.1) is 18.0 Å². The van der Waals surface area contributed by atoms with Crippen molar-refractivity contribution in [3.05, 3.63) is 47.8 Å². The molecular weight excluding hydrogens is 316 g/mol. The summed E-state index contributed by atoms with van der Waals surface area (Å²) < 4.78 is 1.77. The van der Waals surface area contributed by atoms with E-state index < -0.39 is 6.10 Å². The van der Waals surface area contributed by atoms with Gasteiger partial charge in [-0.05, 0) is 30.4 Å². The molecule has 0 spiro atoms. The summed E-state index contributed by atoms with van der Waals surface area (Å²) in [5.41, 5.74) is 2.68. The molecule has 136 valence electrons. The molecule has 0 radical (unpaired) electrons. The molecule has 1 unspecified atom stereocenters. The standard InChI is InChI=1S/C19H28N4O2/c1-13(2)23-12-16(10-21-23)22-18(25)20-11-17(24)14-6-8-15(9-7-14)19(3,4)5/h6-10,12-13,17,24H,11H2,1-5H3,(H2,20,22,25). The highest BCUT2D eigenvalue weighted by Gasteiger charge is 2.15. The maximum Gasteiger partial charge on any atom is 0.319 e. The molecule has 1 heterocycles. The summed E-state index contributed by atoms with van der Waals surface area (Å²) in [6.45, 7) is 10.6. The Kier molecular flexibility index (Phi) is 5.85. The van der Waals surface area contributed by atoms with Crippen molar-refractivity contribution >= 4 is 11.7 Å². The van der Waals surface area contributed by atoms with Crippen LogP contribution in [0.15, 0.2) is 36.7 Å². The van der Waals surface area contributed by atoms with Crippen molar-refractivity contribution in [3.63, 3.8) is 0 Å². The highest BCUT2D eigenvalue weighted by Crippen LogP contribution is 2.23. The van der Waals surface area contributed by atoms with E-state index in [2.05, 4.69) is 36.5 Å². The number of aromatic nitrogens is 2. The summed E-state index contributed by atoms with van der Waals surface area (Å²) in [6.07, 6.45) is 2.62. The van der Waals surface area contributed by atoms with Crippen LogP contribution in [-0.2, 0) is 5.41 Å². The molecule has 1 atom stereocenters. The largest absolute Gasteiger partial charge is 0.387 e. The lowest BCUT2D eigenvalue weighted by Crippen LogP contribution is -2.32. The van der Waals surface area contributed by atoms with E-state index in [9.17, 15) is 9.90 Å². The van der Waals surface area contributed by atoms with E-state index in [4.69, 9.17) is 0 Å². The van der Waals surface area contributed by atoms with Crippen LogP contribution in [0.4, 0.5) is 10.5 Å². The first-order chi connectivity index (χ1) is 11.7. The minimum Gasteiger partial charge on any atom is -0.387 e. The van der Waals surface area contributed by atoms with E-state index in [1.165, 1.54) is 5.56 Å². The molecule has 0 bridgehead atoms. The maximum absolute atomic E-state index is 11.9. The second kappa shape index (κ2) is 7.70. The lowest BCUT2D eigenvalue weighted by Gasteiger charge is -2.20. The summed E-state index contributed by atoms with van der Waals surface area (Å²) in [6, 6.07) is 7.69. The number of hydrogen-bond acceptors (Lipinski definition) is 3. The SMILES string of the molecule is CC(C)n1cc(NC(=O)NCC(O)c2ccc(C(C)(C)C)cc2)cn1. The summed E-state index contributed by atoms with van der Waals surface area (Å²) in [4.78, 5) is 11.9. The van der Waals surface area contributed by atoms with Gasteiger partial charge < -0.3 is 15.7 Å². The number of hydrogen-bond donors (Lipinski definition) is 3. The number of benzene rings is 1. The third kappa shape index (κ3) is 5.32. The van der Waals surface area contributed by atoms with Gasteiger partial charge in [0.15, 0.2) is 0 Å². The predicted octanol–water partition coefficient (Wildman–Crippen LogP) is 3.62. The van der Waals surface area contributed by atoms with Crippen LogP contribution in [-0.4, -0.2) is 27.5 Å². The fraction of sp³-hybridized carbons (Fsp3) is 0.474. The Morgan fingerprint density at radius 1 is 1.24 bits per heavy atom. The Balaban J connectivity index is 1.86. The number of carbonyl (C=O) groups excluding carboxylic acids is 1. The molecular formula is C19H28N4O2. The fourth-order valence-corrected chi connectivity index (χ4v) is 2.37. The third-order valence-corrected chi connectivity index (χ3v) is 4.01. The molecule has 0 saturated carbocycles. The monoisotopic (exact) mass is 344 g/mol. The third-order valence-electron chi connectivity index (χ3n) is 4.01. The molecule has 2 aromatic rings. The van der Waals surface area contributed by atoms with Gasteiger partial charge in [0.1, 0.15) is 0 Å². The van der Waals surface area contributed by atoms with Crippen LogP contribution in [0.2, 0.25) is 0 Å². The lowest BCUT2D eigenvalue weighted by molar-refractivity contribution is 0.175. The van der Waals surface area contributed by atoms with E-state index in [-0.39, 0.29) is 24.0 Å². The molecule has 0 fully saturated rings. The number of amides is 2. The van der Waals surface area contributed by atoms with Gasteiger partial charge in [0.25, 0.3) is 0 Å². The summed E-state index contributed by atoms with van der Waals surface area (Å²) in [5.74, 6) is 0. The molecule has 2 amide bonds. The number of aliphatic hydroxyl groups excluding tert-OH is 1. The lowest BCUT2D eigenvalue weighted by atomic mass is 9.86. The summed E-state index contributed by atoms with van der Waals surface area (Å²) >= 11 is 0. The van der Waals surface area contributed by atoms with Crippen molar-refractivity contribution < 1.29 is 9.90 Å². The van der Waals surface area contributed by atoms with Crippen molar-refractivity contribution in [2.75, 3.05) is 11.9 Å². The molecule has 0 saturated heterocycles. The zero-order valence-electron chi connectivity index (χ0n) is 15.6. The first-order valence-electron chi connectivity index (χ1n) is 8.54. The quantitative estimate of drug-likeness (QED) is 0.775.